The predicted octanol–water partition coefficient (Wildman–Crippen LogP) is 1.86. The zero-order valence-electron chi connectivity index (χ0n) is 11.0. The normalized spacial score (nSPS) is 11.4. The standard InChI is InChI=1S/C13H21NO3S/c1-14-10-4-3-5-11-17-12-6-8-13(9-7-12)18(2,15)16/h6-9,14H,3-5,10-11H2,1-2H3. The van der Waals surface area contributed by atoms with Crippen LogP contribution in [0.3, 0.4) is 0 Å². The molecule has 4 nitrogen and oxygen atoms in total. The molecule has 0 unspecified atom stereocenters. The van der Waals surface area contributed by atoms with Gasteiger partial charge in [0.25, 0.3) is 0 Å². The van der Waals surface area contributed by atoms with Gasteiger partial charge in [-0.25, -0.2) is 8.42 Å². The average Bonchev–Trinajstić information content (AvgIpc) is 2.33. The Morgan fingerprint density at radius 1 is 1.11 bits per heavy atom. The van der Waals surface area contributed by atoms with Gasteiger partial charge >= 0.3 is 0 Å². The summed E-state index contributed by atoms with van der Waals surface area (Å²) in [5.41, 5.74) is 0. The van der Waals surface area contributed by atoms with E-state index in [9.17, 15) is 8.42 Å². The molecular formula is C13H21NO3S. The maximum Gasteiger partial charge on any atom is 0.175 e. The summed E-state index contributed by atoms with van der Waals surface area (Å²) in [4.78, 5) is 0.323. The van der Waals surface area contributed by atoms with E-state index in [1.54, 1.807) is 24.3 Å². The molecule has 1 aromatic rings. The number of benzene rings is 1. The Hall–Kier alpha value is -1.07. The quantitative estimate of drug-likeness (QED) is 0.733. The Kier molecular flexibility index (Phi) is 6.15. The Bertz CT molecular complexity index is 440. The average molecular weight is 271 g/mol. The van der Waals surface area contributed by atoms with Crippen molar-refractivity contribution in [3.05, 3.63) is 24.3 Å². The van der Waals surface area contributed by atoms with Crippen LogP contribution in [0.1, 0.15) is 19.3 Å². The van der Waals surface area contributed by atoms with Crippen molar-refractivity contribution < 1.29 is 13.2 Å². The molecule has 0 atom stereocenters. The highest BCUT2D eigenvalue weighted by Gasteiger charge is 2.06. The van der Waals surface area contributed by atoms with E-state index in [2.05, 4.69) is 5.32 Å². The molecule has 0 bridgehead atoms. The summed E-state index contributed by atoms with van der Waals surface area (Å²) in [6, 6.07) is 6.55. The number of unbranched alkanes of at least 4 members (excludes halogenated alkanes) is 2. The van der Waals surface area contributed by atoms with Gasteiger partial charge in [0, 0.05) is 6.26 Å². The SMILES string of the molecule is CNCCCCCOc1ccc(S(C)(=O)=O)cc1. The summed E-state index contributed by atoms with van der Waals surface area (Å²) in [5.74, 6) is 0.719. The van der Waals surface area contributed by atoms with Crippen molar-refractivity contribution in [2.75, 3.05) is 26.5 Å². The lowest BCUT2D eigenvalue weighted by Gasteiger charge is -2.06. The van der Waals surface area contributed by atoms with E-state index in [1.165, 1.54) is 6.26 Å². The van der Waals surface area contributed by atoms with Crippen LogP contribution in [-0.4, -0.2) is 34.9 Å². The van der Waals surface area contributed by atoms with Crippen LogP contribution >= 0.6 is 0 Å². The third-order valence-electron chi connectivity index (χ3n) is 2.59. The molecule has 0 heterocycles. The number of rotatable bonds is 8. The minimum atomic E-state index is -3.12. The molecule has 18 heavy (non-hydrogen) atoms. The molecular weight excluding hydrogens is 250 g/mol. The zero-order valence-corrected chi connectivity index (χ0v) is 11.8. The van der Waals surface area contributed by atoms with Crippen LogP contribution < -0.4 is 10.1 Å². The fourth-order valence-corrected chi connectivity index (χ4v) is 2.18. The van der Waals surface area contributed by atoms with Gasteiger partial charge in [0.15, 0.2) is 9.84 Å². The van der Waals surface area contributed by atoms with Gasteiger partial charge < -0.3 is 10.1 Å². The first-order chi connectivity index (χ1) is 8.54. The van der Waals surface area contributed by atoms with E-state index < -0.39 is 9.84 Å². The van der Waals surface area contributed by atoms with Crippen molar-refractivity contribution >= 4 is 9.84 Å². The first-order valence-corrected chi connectivity index (χ1v) is 8.00. The van der Waals surface area contributed by atoms with Gasteiger partial charge in [0.05, 0.1) is 11.5 Å². The van der Waals surface area contributed by atoms with E-state index in [0.29, 0.717) is 11.5 Å². The molecule has 5 heteroatoms. The van der Waals surface area contributed by atoms with Crippen molar-refractivity contribution in [2.45, 2.75) is 24.2 Å². The molecule has 0 spiro atoms. The highest BCUT2D eigenvalue weighted by molar-refractivity contribution is 7.90. The Balaban J connectivity index is 2.32. The number of hydrogen-bond donors (Lipinski definition) is 1. The fourth-order valence-electron chi connectivity index (χ4n) is 1.55. The van der Waals surface area contributed by atoms with Crippen LogP contribution in [0.5, 0.6) is 5.75 Å². The van der Waals surface area contributed by atoms with Gasteiger partial charge in [0.2, 0.25) is 0 Å². The smallest absolute Gasteiger partial charge is 0.175 e. The van der Waals surface area contributed by atoms with Crippen molar-refractivity contribution in [2.24, 2.45) is 0 Å². The number of hydrogen-bond acceptors (Lipinski definition) is 4. The Morgan fingerprint density at radius 2 is 1.78 bits per heavy atom. The van der Waals surface area contributed by atoms with Gasteiger partial charge in [-0.15, -0.1) is 0 Å². The second-order valence-corrected chi connectivity index (χ2v) is 6.27. The first-order valence-electron chi connectivity index (χ1n) is 6.11. The summed E-state index contributed by atoms with van der Waals surface area (Å²) in [5, 5.41) is 3.10. The minimum Gasteiger partial charge on any atom is -0.494 e. The van der Waals surface area contributed by atoms with Gasteiger partial charge in [-0.2, -0.15) is 0 Å². The van der Waals surface area contributed by atoms with Gasteiger partial charge in [-0.1, -0.05) is 0 Å². The minimum absolute atomic E-state index is 0.323. The van der Waals surface area contributed by atoms with Crippen LogP contribution in [0, 0.1) is 0 Å². The molecule has 0 aliphatic heterocycles. The molecule has 0 aliphatic rings. The predicted molar refractivity (Wildman–Crippen MR) is 72.8 cm³/mol. The van der Waals surface area contributed by atoms with Gasteiger partial charge in [-0.05, 0) is 57.1 Å². The Labute approximate surface area is 109 Å². The summed E-state index contributed by atoms with van der Waals surface area (Å²) in [6.45, 7) is 1.70. The maximum absolute atomic E-state index is 11.3. The van der Waals surface area contributed by atoms with Crippen molar-refractivity contribution in [3.8, 4) is 5.75 Å². The summed E-state index contributed by atoms with van der Waals surface area (Å²) in [6.07, 6.45) is 4.48. The van der Waals surface area contributed by atoms with Crippen LogP contribution in [0.2, 0.25) is 0 Å². The first kappa shape index (κ1) is 15.0. The van der Waals surface area contributed by atoms with Crippen molar-refractivity contribution in [1.29, 1.82) is 0 Å². The largest absolute Gasteiger partial charge is 0.494 e. The molecule has 0 saturated carbocycles. The molecule has 0 aliphatic carbocycles. The second kappa shape index (κ2) is 7.38. The molecule has 102 valence electrons. The topological polar surface area (TPSA) is 55.4 Å². The molecule has 1 aromatic carbocycles. The molecule has 0 amide bonds. The molecule has 0 radical (unpaired) electrons. The van der Waals surface area contributed by atoms with Crippen LogP contribution in [0.25, 0.3) is 0 Å². The zero-order chi connectivity index (χ0) is 13.4. The highest BCUT2D eigenvalue weighted by Crippen LogP contribution is 2.16. The highest BCUT2D eigenvalue weighted by atomic mass is 32.2. The van der Waals surface area contributed by atoms with Crippen LogP contribution in [0.4, 0.5) is 0 Å². The summed E-state index contributed by atoms with van der Waals surface area (Å²) >= 11 is 0. The number of sulfone groups is 1. The van der Waals surface area contributed by atoms with Crippen LogP contribution in [-0.2, 0) is 9.84 Å². The molecule has 0 saturated heterocycles. The van der Waals surface area contributed by atoms with E-state index >= 15 is 0 Å². The molecule has 1 rings (SSSR count). The van der Waals surface area contributed by atoms with E-state index in [1.807, 2.05) is 7.05 Å². The monoisotopic (exact) mass is 271 g/mol. The summed E-state index contributed by atoms with van der Waals surface area (Å²) in [7, 11) is -1.17. The van der Waals surface area contributed by atoms with Crippen molar-refractivity contribution in [1.82, 2.24) is 5.32 Å². The lowest BCUT2D eigenvalue weighted by atomic mass is 10.2. The Morgan fingerprint density at radius 3 is 2.33 bits per heavy atom. The fraction of sp³-hybridized carbons (Fsp3) is 0.538. The lowest BCUT2D eigenvalue weighted by Crippen LogP contribution is -2.07. The van der Waals surface area contributed by atoms with E-state index in [-0.39, 0.29) is 0 Å². The van der Waals surface area contributed by atoms with Gasteiger partial charge in [-0.3, -0.25) is 0 Å². The third-order valence-corrected chi connectivity index (χ3v) is 3.72. The third kappa shape index (κ3) is 5.51. The van der Waals surface area contributed by atoms with Gasteiger partial charge in [0.1, 0.15) is 5.75 Å². The number of nitrogens with one attached hydrogen (secondary N) is 1. The summed E-state index contributed by atoms with van der Waals surface area (Å²) < 4.78 is 28.1. The number of ether oxygens (including phenoxy) is 1. The lowest BCUT2D eigenvalue weighted by molar-refractivity contribution is 0.305. The van der Waals surface area contributed by atoms with E-state index in [4.69, 9.17) is 4.74 Å². The second-order valence-electron chi connectivity index (χ2n) is 4.26. The van der Waals surface area contributed by atoms with E-state index in [0.717, 1.165) is 31.6 Å². The molecule has 0 fully saturated rings. The molecule has 1 N–H and O–H groups in total. The van der Waals surface area contributed by atoms with Crippen molar-refractivity contribution in [3.63, 3.8) is 0 Å². The maximum atomic E-state index is 11.3. The molecule has 0 aromatic heterocycles. The van der Waals surface area contributed by atoms with Crippen LogP contribution in [0.15, 0.2) is 29.2 Å².